The summed E-state index contributed by atoms with van der Waals surface area (Å²) in [6, 6.07) is 10.6. The normalized spacial score (nSPS) is 14.9. The van der Waals surface area contributed by atoms with Gasteiger partial charge in [0.25, 0.3) is 0 Å². The molecular weight excluding hydrogens is 386 g/mol. The zero-order chi connectivity index (χ0) is 21.4. The minimum Gasteiger partial charge on any atom is -0.377 e. The van der Waals surface area contributed by atoms with Crippen molar-refractivity contribution in [1.82, 2.24) is 29.7 Å². The summed E-state index contributed by atoms with van der Waals surface area (Å²) < 4.78 is 2.05. The zero-order valence-corrected chi connectivity index (χ0v) is 18.5. The molecule has 1 saturated carbocycles. The number of imidazole rings is 1. The number of nitrogens with one attached hydrogen (secondary N) is 1. The summed E-state index contributed by atoms with van der Waals surface area (Å²) in [6.07, 6.45) is 8.06. The molecule has 3 aromatic heterocycles. The third kappa shape index (κ3) is 3.92. The summed E-state index contributed by atoms with van der Waals surface area (Å²) in [5.74, 6) is 3.15. The summed E-state index contributed by atoms with van der Waals surface area (Å²) in [4.78, 5) is 19.5. The number of hydrogen-bond acceptors (Lipinski definition) is 5. The fourth-order valence-corrected chi connectivity index (χ4v) is 4.60. The summed E-state index contributed by atoms with van der Waals surface area (Å²) in [6.45, 7) is 2.62. The minimum absolute atomic E-state index is 0.448. The van der Waals surface area contributed by atoms with Gasteiger partial charge in [-0.3, -0.25) is 0 Å². The second-order valence-electron chi connectivity index (χ2n) is 8.73. The van der Waals surface area contributed by atoms with Gasteiger partial charge in [0.2, 0.25) is 0 Å². The van der Waals surface area contributed by atoms with Crippen LogP contribution >= 0.6 is 0 Å². The van der Waals surface area contributed by atoms with E-state index in [-0.39, 0.29) is 0 Å². The minimum atomic E-state index is 0.448. The molecule has 0 aliphatic heterocycles. The van der Waals surface area contributed by atoms with Gasteiger partial charge in [-0.2, -0.15) is 5.10 Å². The van der Waals surface area contributed by atoms with E-state index in [0.717, 1.165) is 34.2 Å². The van der Waals surface area contributed by atoms with E-state index in [0.29, 0.717) is 12.5 Å². The SMILES string of the molecule is Cc1nc2ncc(-c3nc(C4CCCCC4)nn3Cc3ccccc3N(C)C)cc2[nH]1. The molecule has 0 radical (unpaired) electrons. The van der Waals surface area contributed by atoms with Crippen LogP contribution in [0.25, 0.3) is 22.6 Å². The van der Waals surface area contributed by atoms with Crippen LogP contribution in [0.1, 0.15) is 55.2 Å². The van der Waals surface area contributed by atoms with Crippen LogP contribution in [0.4, 0.5) is 5.69 Å². The molecule has 1 aliphatic carbocycles. The number of aromatic nitrogens is 6. The Morgan fingerprint density at radius 1 is 1.10 bits per heavy atom. The number of para-hydroxylation sites is 1. The van der Waals surface area contributed by atoms with Gasteiger partial charge < -0.3 is 9.88 Å². The number of nitrogens with zero attached hydrogens (tertiary/aromatic N) is 6. The van der Waals surface area contributed by atoms with Gasteiger partial charge in [0.05, 0.1) is 12.1 Å². The predicted molar refractivity (Wildman–Crippen MR) is 123 cm³/mol. The first-order chi connectivity index (χ1) is 15.1. The zero-order valence-electron chi connectivity index (χ0n) is 18.5. The van der Waals surface area contributed by atoms with Crippen LogP contribution in [0.15, 0.2) is 36.5 Å². The van der Waals surface area contributed by atoms with Crippen molar-refractivity contribution in [1.29, 1.82) is 0 Å². The van der Waals surface area contributed by atoms with Crippen LogP contribution in [0, 0.1) is 6.92 Å². The lowest BCUT2D eigenvalue weighted by Crippen LogP contribution is -2.14. The van der Waals surface area contributed by atoms with Gasteiger partial charge in [-0.1, -0.05) is 37.5 Å². The van der Waals surface area contributed by atoms with E-state index in [1.165, 1.54) is 43.4 Å². The van der Waals surface area contributed by atoms with Crippen molar-refractivity contribution in [2.75, 3.05) is 19.0 Å². The smallest absolute Gasteiger partial charge is 0.177 e. The van der Waals surface area contributed by atoms with Crippen LogP contribution in [-0.2, 0) is 6.54 Å². The molecule has 3 heterocycles. The van der Waals surface area contributed by atoms with Crippen molar-refractivity contribution in [3.8, 4) is 11.4 Å². The highest BCUT2D eigenvalue weighted by atomic mass is 15.4. The quantitative estimate of drug-likeness (QED) is 0.512. The van der Waals surface area contributed by atoms with Crippen LogP contribution in [0.5, 0.6) is 0 Å². The maximum absolute atomic E-state index is 5.05. The lowest BCUT2D eigenvalue weighted by molar-refractivity contribution is 0.426. The monoisotopic (exact) mass is 415 g/mol. The molecule has 5 rings (SSSR count). The van der Waals surface area contributed by atoms with Gasteiger partial charge in [-0.05, 0) is 37.5 Å². The summed E-state index contributed by atoms with van der Waals surface area (Å²) >= 11 is 0. The Balaban J connectivity index is 1.59. The number of hydrogen-bond donors (Lipinski definition) is 1. The predicted octanol–water partition coefficient (Wildman–Crippen LogP) is 4.69. The molecule has 7 heteroatoms. The van der Waals surface area contributed by atoms with Gasteiger partial charge in [-0.25, -0.2) is 19.6 Å². The third-order valence-corrected chi connectivity index (χ3v) is 6.17. The van der Waals surface area contributed by atoms with Crippen molar-refractivity contribution < 1.29 is 0 Å². The molecule has 0 unspecified atom stereocenters. The Bertz CT molecular complexity index is 1200. The number of aryl methyl sites for hydroxylation is 1. The number of H-pyrrole nitrogens is 1. The van der Waals surface area contributed by atoms with E-state index < -0.39 is 0 Å². The molecule has 1 aromatic carbocycles. The highest BCUT2D eigenvalue weighted by Gasteiger charge is 2.23. The van der Waals surface area contributed by atoms with Gasteiger partial charge in [-0.15, -0.1) is 0 Å². The van der Waals surface area contributed by atoms with E-state index in [9.17, 15) is 0 Å². The molecule has 0 atom stereocenters. The standard InChI is InChI=1S/C24H29N7/c1-16-26-20-13-19(14-25-23(20)27-16)24-28-22(17-9-5-4-6-10-17)29-31(24)15-18-11-7-8-12-21(18)30(2)3/h7-8,11-14,17H,4-6,9-10,15H2,1-3H3,(H,25,26,27). The first-order valence-corrected chi connectivity index (χ1v) is 11.1. The van der Waals surface area contributed by atoms with Crippen LogP contribution in [-0.4, -0.2) is 43.8 Å². The maximum atomic E-state index is 5.05. The lowest BCUT2D eigenvalue weighted by atomic mass is 9.89. The number of rotatable bonds is 5. The van der Waals surface area contributed by atoms with E-state index in [1.54, 1.807) is 0 Å². The average Bonchev–Trinajstić information content (AvgIpc) is 3.36. The van der Waals surface area contributed by atoms with Crippen molar-refractivity contribution in [3.05, 3.63) is 53.7 Å². The molecule has 0 bridgehead atoms. The highest BCUT2D eigenvalue weighted by Crippen LogP contribution is 2.33. The second-order valence-corrected chi connectivity index (χ2v) is 8.73. The molecule has 160 valence electrons. The van der Waals surface area contributed by atoms with Crippen molar-refractivity contribution in [2.24, 2.45) is 0 Å². The topological polar surface area (TPSA) is 75.5 Å². The molecule has 0 spiro atoms. The molecule has 31 heavy (non-hydrogen) atoms. The number of fused-ring (bicyclic) bond motifs is 1. The fraction of sp³-hybridized carbons (Fsp3) is 0.417. The number of pyridine rings is 1. The molecule has 0 amide bonds. The van der Waals surface area contributed by atoms with Crippen molar-refractivity contribution in [3.63, 3.8) is 0 Å². The van der Waals surface area contributed by atoms with E-state index in [1.807, 2.05) is 13.1 Å². The van der Waals surface area contributed by atoms with Crippen LogP contribution in [0.2, 0.25) is 0 Å². The van der Waals surface area contributed by atoms with Gasteiger partial charge in [0.1, 0.15) is 5.82 Å². The summed E-state index contributed by atoms with van der Waals surface area (Å²) in [5.41, 5.74) is 5.05. The van der Waals surface area contributed by atoms with Gasteiger partial charge in [0, 0.05) is 37.5 Å². The fourth-order valence-electron chi connectivity index (χ4n) is 4.60. The Hall–Kier alpha value is -3.22. The van der Waals surface area contributed by atoms with Crippen LogP contribution in [0.3, 0.4) is 0 Å². The van der Waals surface area contributed by atoms with E-state index in [2.05, 4.69) is 69.0 Å². The highest BCUT2D eigenvalue weighted by molar-refractivity contribution is 5.76. The number of aromatic amines is 1. The Kier molecular flexibility index (Phi) is 5.18. The van der Waals surface area contributed by atoms with Crippen molar-refractivity contribution >= 4 is 16.9 Å². The molecule has 1 fully saturated rings. The second kappa shape index (κ2) is 8.13. The van der Waals surface area contributed by atoms with Gasteiger partial charge >= 0.3 is 0 Å². The Morgan fingerprint density at radius 3 is 2.71 bits per heavy atom. The molecule has 4 aromatic rings. The first-order valence-electron chi connectivity index (χ1n) is 11.1. The Morgan fingerprint density at radius 2 is 1.90 bits per heavy atom. The molecule has 0 saturated heterocycles. The third-order valence-electron chi connectivity index (χ3n) is 6.17. The van der Waals surface area contributed by atoms with Crippen LogP contribution < -0.4 is 4.90 Å². The van der Waals surface area contributed by atoms with E-state index >= 15 is 0 Å². The van der Waals surface area contributed by atoms with Crippen molar-refractivity contribution in [2.45, 2.75) is 51.5 Å². The van der Waals surface area contributed by atoms with E-state index in [4.69, 9.17) is 10.1 Å². The number of anilines is 1. The number of benzene rings is 1. The lowest BCUT2D eigenvalue weighted by Gasteiger charge is -2.18. The molecule has 7 nitrogen and oxygen atoms in total. The van der Waals surface area contributed by atoms with Gasteiger partial charge in [0.15, 0.2) is 17.3 Å². The molecule has 1 aliphatic rings. The molecule has 1 N–H and O–H groups in total. The maximum Gasteiger partial charge on any atom is 0.177 e. The summed E-state index contributed by atoms with van der Waals surface area (Å²) in [5, 5.41) is 5.02. The summed E-state index contributed by atoms with van der Waals surface area (Å²) in [7, 11) is 4.15. The largest absolute Gasteiger partial charge is 0.377 e. The Labute approximate surface area is 182 Å². The molecular formula is C24H29N7. The average molecular weight is 416 g/mol. The first kappa shape index (κ1) is 19.7.